The number of hydrogen-bond acceptors (Lipinski definition) is 4. The molecule has 4 nitrogen and oxygen atoms in total. The fraction of sp³-hybridized carbons (Fsp3) is 0.938. The first-order chi connectivity index (χ1) is 9.55. The Balaban J connectivity index is 2.51. The number of hydrogen-bond donors (Lipinski definition) is 1. The van der Waals surface area contributed by atoms with Gasteiger partial charge in [0.15, 0.2) is 0 Å². The van der Waals surface area contributed by atoms with Gasteiger partial charge in [-0.05, 0) is 51.7 Å². The number of carbonyl (C=O) groups is 1. The molecule has 1 aliphatic heterocycles. The van der Waals surface area contributed by atoms with E-state index in [-0.39, 0.29) is 5.97 Å². The number of esters is 1. The molecule has 0 amide bonds. The molecule has 0 radical (unpaired) electrons. The minimum absolute atomic E-state index is 0.151. The largest absolute Gasteiger partial charge is 0.468 e. The Hall–Kier alpha value is -0.610. The van der Waals surface area contributed by atoms with Gasteiger partial charge in [-0.1, -0.05) is 26.7 Å². The summed E-state index contributed by atoms with van der Waals surface area (Å²) in [5.74, 6) is 0.728. The third-order valence-electron chi connectivity index (χ3n) is 4.34. The molecule has 0 bridgehead atoms. The number of nitrogens with one attached hydrogen (secondary N) is 1. The average molecular weight is 284 g/mol. The van der Waals surface area contributed by atoms with E-state index in [9.17, 15) is 4.79 Å². The van der Waals surface area contributed by atoms with Crippen molar-refractivity contribution in [3.8, 4) is 0 Å². The molecule has 1 aliphatic rings. The van der Waals surface area contributed by atoms with Gasteiger partial charge in [0.25, 0.3) is 0 Å². The van der Waals surface area contributed by atoms with Gasteiger partial charge in [0.2, 0.25) is 0 Å². The van der Waals surface area contributed by atoms with Crippen molar-refractivity contribution in [2.45, 2.75) is 58.4 Å². The molecular formula is C16H32N2O2. The summed E-state index contributed by atoms with van der Waals surface area (Å²) in [7, 11) is 1.47. The van der Waals surface area contributed by atoms with Crippen molar-refractivity contribution in [1.82, 2.24) is 10.2 Å². The van der Waals surface area contributed by atoms with Crippen LogP contribution in [-0.2, 0) is 9.53 Å². The summed E-state index contributed by atoms with van der Waals surface area (Å²) in [5, 5.41) is 3.36. The second-order valence-corrected chi connectivity index (χ2v) is 6.26. The van der Waals surface area contributed by atoms with Crippen molar-refractivity contribution in [2.75, 3.05) is 33.3 Å². The fourth-order valence-electron chi connectivity index (χ4n) is 3.11. The third-order valence-corrected chi connectivity index (χ3v) is 4.34. The van der Waals surface area contributed by atoms with Crippen LogP contribution >= 0.6 is 0 Å². The molecule has 1 heterocycles. The van der Waals surface area contributed by atoms with Gasteiger partial charge in [0, 0.05) is 6.54 Å². The van der Waals surface area contributed by atoms with Crippen LogP contribution in [0.4, 0.5) is 0 Å². The van der Waals surface area contributed by atoms with Crippen molar-refractivity contribution in [3.05, 3.63) is 0 Å². The molecule has 1 saturated heterocycles. The minimum atomic E-state index is -0.581. The van der Waals surface area contributed by atoms with Crippen LogP contribution in [0.25, 0.3) is 0 Å². The number of carbonyl (C=O) groups excluding carboxylic acids is 1. The van der Waals surface area contributed by atoms with Gasteiger partial charge in [-0.25, -0.2) is 0 Å². The molecule has 1 atom stereocenters. The highest BCUT2D eigenvalue weighted by molar-refractivity contribution is 5.80. The minimum Gasteiger partial charge on any atom is -0.468 e. The van der Waals surface area contributed by atoms with Crippen LogP contribution in [0.2, 0.25) is 0 Å². The van der Waals surface area contributed by atoms with E-state index >= 15 is 0 Å². The molecule has 1 rings (SSSR count). The maximum Gasteiger partial charge on any atom is 0.327 e. The summed E-state index contributed by atoms with van der Waals surface area (Å²) in [6.45, 7) is 10.1. The number of ether oxygens (including phenoxy) is 1. The lowest BCUT2D eigenvalue weighted by Gasteiger charge is -2.38. The van der Waals surface area contributed by atoms with Crippen molar-refractivity contribution >= 4 is 5.97 Å². The Labute approximate surface area is 124 Å². The first-order valence-electron chi connectivity index (χ1n) is 8.11. The molecule has 0 aromatic rings. The van der Waals surface area contributed by atoms with E-state index < -0.39 is 5.54 Å². The number of piperidine rings is 1. The third kappa shape index (κ3) is 5.06. The van der Waals surface area contributed by atoms with Gasteiger partial charge in [-0.2, -0.15) is 0 Å². The highest BCUT2D eigenvalue weighted by atomic mass is 16.5. The van der Waals surface area contributed by atoms with E-state index in [2.05, 4.69) is 24.1 Å². The van der Waals surface area contributed by atoms with E-state index in [0.29, 0.717) is 0 Å². The summed E-state index contributed by atoms with van der Waals surface area (Å²) in [5.41, 5.74) is -0.581. The lowest BCUT2D eigenvalue weighted by atomic mass is 9.91. The van der Waals surface area contributed by atoms with E-state index in [4.69, 9.17) is 4.74 Å². The number of rotatable bonds is 8. The Morgan fingerprint density at radius 3 is 2.45 bits per heavy atom. The zero-order valence-electron chi connectivity index (χ0n) is 13.7. The first kappa shape index (κ1) is 17.4. The maximum absolute atomic E-state index is 12.1. The zero-order valence-corrected chi connectivity index (χ0v) is 13.7. The summed E-state index contributed by atoms with van der Waals surface area (Å²) in [4.78, 5) is 14.5. The SMILES string of the molecule is CCCNC(C)(CN1CCC(CCC)CC1)C(=O)OC. The van der Waals surface area contributed by atoms with Gasteiger partial charge in [0.1, 0.15) is 5.54 Å². The molecular weight excluding hydrogens is 252 g/mol. The normalized spacial score (nSPS) is 20.6. The van der Waals surface area contributed by atoms with E-state index in [1.165, 1.54) is 32.8 Å². The topological polar surface area (TPSA) is 41.6 Å². The van der Waals surface area contributed by atoms with Gasteiger partial charge < -0.3 is 15.0 Å². The molecule has 0 saturated carbocycles. The molecule has 0 spiro atoms. The summed E-state index contributed by atoms with van der Waals surface area (Å²) in [6, 6.07) is 0. The number of methoxy groups -OCH3 is 1. The van der Waals surface area contributed by atoms with Crippen molar-refractivity contribution in [1.29, 1.82) is 0 Å². The van der Waals surface area contributed by atoms with Gasteiger partial charge >= 0.3 is 5.97 Å². The molecule has 1 N–H and O–H groups in total. The molecule has 0 aliphatic carbocycles. The molecule has 0 aromatic heterocycles. The molecule has 118 valence electrons. The second-order valence-electron chi connectivity index (χ2n) is 6.26. The lowest BCUT2D eigenvalue weighted by Crippen LogP contribution is -2.58. The van der Waals surface area contributed by atoms with Gasteiger partial charge in [0.05, 0.1) is 7.11 Å². The van der Waals surface area contributed by atoms with Gasteiger partial charge in [-0.15, -0.1) is 0 Å². The number of likely N-dealkylation sites (tertiary alicyclic amines) is 1. The Kier molecular flexibility index (Phi) is 7.52. The summed E-state index contributed by atoms with van der Waals surface area (Å²) >= 11 is 0. The predicted octanol–water partition coefficient (Wildman–Crippen LogP) is 2.43. The van der Waals surface area contributed by atoms with Crippen LogP contribution in [0.3, 0.4) is 0 Å². The van der Waals surface area contributed by atoms with Crippen LogP contribution in [-0.4, -0.2) is 49.7 Å². The Morgan fingerprint density at radius 2 is 1.95 bits per heavy atom. The molecule has 4 heteroatoms. The lowest BCUT2D eigenvalue weighted by molar-refractivity contribution is -0.149. The predicted molar refractivity (Wildman–Crippen MR) is 82.8 cm³/mol. The van der Waals surface area contributed by atoms with E-state index in [1.807, 2.05) is 6.92 Å². The van der Waals surface area contributed by atoms with Crippen molar-refractivity contribution in [3.63, 3.8) is 0 Å². The van der Waals surface area contributed by atoms with Crippen LogP contribution < -0.4 is 5.32 Å². The first-order valence-corrected chi connectivity index (χ1v) is 8.11. The van der Waals surface area contributed by atoms with E-state index in [1.54, 1.807) is 0 Å². The molecule has 1 unspecified atom stereocenters. The quantitative estimate of drug-likeness (QED) is 0.695. The summed E-state index contributed by atoms with van der Waals surface area (Å²) < 4.78 is 4.99. The molecule has 0 aromatic carbocycles. The zero-order chi connectivity index (χ0) is 15.0. The van der Waals surface area contributed by atoms with Crippen LogP contribution in [0.1, 0.15) is 52.9 Å². The fourth-order valence-corrected chi connectivity index (χ4v) is 3.11. The van der Waals surface area contributed by atoms with Crippen LogP contribution in [0, 0.1) is 5.92 Å². The summed E-state index contributed by atoms with van der Waals surface area (Å²) in [6.07, 6.45) is 6.17. The molecule has 1 fully saturated rings. The maximum atomic E-state index is 12.1. The highest BCUT2D eigenvalue weighted by Gasteiger charge is 2.36. The smallest absolute Gasteiger partial charge is 0.327 e. The Bertz CT molecular complexity index is 288. The average Bonchev–Trinajstić information content (AvgIpc) is 2.46. The van der Waals surface area contributed by atoms with Crippen molar-refractivity contribution in [2.24, 2.45) is 5.92 Å². The standard InChI is InChI=1S/C16H32N2O2/c1-5-7-14-8-11-18(12-9-14)13-16(3,15(19)20-4)17-10-6-2/h14,17H,5-13H2,1-4H3. The van der Waals surface area contributed by atoms with E-state index in [0.717, 1.165) is 38.5 Å². The number of nitrogens with zero attached hydrogens (tertiary/aromatic N) is 1. The van der Waals surface area contributed by atoms with Crippen LogP contribution in [0.5, 0.6) is 0 Å². The monoisotopic (exact) mass is 284 g/mol. The van der Waals surface area contributed by atoms with Gasteiger partial charge in [-0.3, -0.25) is 4.79 Å². The molecule has 20 heavy (non-hydrogen) atoms. The highest BCUT2D eigenvalue weighted by Crippen LogP contribution is 2.23. The van der Waals surface area contributed by atoms with Crippen molar-refractivity contribution < 1.29 is 9.53 Å². The Morgan fingerprint density at radius 1 is 1.30 bits per heavy atom. The second kappa shape index (κ2) is 8.63. The van der Waals surface area contributed by atoms with Crippen LogP contribution in [0.15, 0.2) is 0 Å².